The number of aliphatic hydroxyl groups excluding tert-OH is 7. The second-order valence-corrected chi connectivity index (χ2v) is 18.0. The van der Waals surface area contributed by atoms with Gasteiger partial charge in [0, 0.05) is 13.0 Å². The molecule has 14 nitrogen and oxygen atoms in total. The van der Waals surface area contributed by atoms with E-state index in [1.807, 2.05) is 0 Å². The van der Waals surface area contributed by atoms with Crippen molar-refractivity contribution in [2.45, 2.75) is 255 Å². The number of carbonyl (C=O) groups is 1. The van der Waals surface area contributed by atoms with Gasteiger partial charge < -0.3 is 64.2 Å². The molecule has 0 amide bonds. The SMILES string of the molecule is CCCCC/C=C\C/C=C\CCCCCCCCCCOCC(COC1OC(COC2OC(CO)C(O)C(O)C2O)C(O)C(O)C1O)OC(=O)CCCCCCCCCCCCCC. The van der Waals surface area contributed by atoms with E-state index in [0.29, 0.717) is 13.0 Å². The number of aliphatic hydroxyl groups is 7. The highest BCUT2D eigenvalue weighted by atomic mass is 16.7. The fourth-order valence-electron chi connectivity index (χ4n) is 8.02. The molecule has 0 spiro atoms. The van der Waals surface area contributed by atoms with Crippen molar-refractivity contribution in [3.05, 3.63) is 24.3 Å². The minimum absolute atomic E-state index is 0.0610. The molecule has 0 aliphatic carbocycles. The van der Waals surface area contributed by atoms with Crippen LogP contribution in [0.1, 0.15) is 187 Å². The molecule has 64 heavy (non-hydrogen) atoms. The number of hydrogen-bond acceptors (Lipinski definition) is 14. The summed E-state index contributed by atoms with van der Waals surface area (Å²) in [5.74, 6) is -0.378. The minimum atomic E-state index is -1.70. The van der Waals surface area contributed by atoms with Crippen LogP contribution in [0.3, 0.4) is 0 Å². The Bertz CT molecular complexity index is 1160. The van der Waals surface area contributed by atoms with E-state index >= 15 is 0 Å². The Morgan fingerprint density at radius 3 is 1.53 bits per heavy atom. The predicted molar refractivity (Wildman–Crippen MR) is 247 cm³/mol. The highest BCUT2D eigenvalue weighted by molar-refractivity contribution is 5.69. The van der Waals surface area contributed by atoms with E-state index in [9.17, 15) is 40.5 Å². The van der Waals surface area contributed by atoms with Gasteiger partial charge in [-0.15, -0.1) is 0 Å². The lowest BCUT2D eigenvalue weighted by Gasteiger charge is -2.42. The monoisotopic (exact) mass is 917 g/mol. The average molecular weight is 917 g/mol. The summed E-state index contributed by atoms with van der Waals surface area (Å²) in [6.07, 6.45) is 23.8. The normalized spacial score (nSPS) is 26.9. The lowest BCUT2D eigenvalue weighted by atomic mass is 9.98. The van der Waals surface area contributed by atoms with E-state index in [2.05, 4.69) is 38.2 Å². The van der Waals surface area contributed by atoms with Gasteiger partial charge in [0.25, 0.3) is 0 Å². The van der Waals surface area contributed by atoms with Crippen molar-refractivity contribution < 1.29 is 69.0 Å². The Morgan fingerprint density at radius 1 is 0.516 bits per heavy atom. The zero-order chi connectivity index (χ0) is 46.6. The standard InChI is InChI=1S/C50H92O14/c1-3-5-7-9-11-13-15-17-18-19-20-21-22-24-26-28-30-32-34-59-36-39(62-42(52)33-31-29-27-25-23-16-14-12-10-8-6-4-2)37-60-49-48(58)46(56)44(54)41(64-49)38-61-50-47(57)45(55)43(53)40(35-51)63-50/h11,13,17-18,39-41,43-51,53-58H,3-10,12,14-16,19-38H2,1-2H3/b13-11-,18-17-. The van der Waals surface area contributed by atoms with Crippen molar-refractivity contribution in [1.29, 1.82) is 0 Å². The molecule has 376 valence electrons. The first kappa shape index (κ1) is 58.6. The summed E-state index contributed by atoms with van der Waals surface area (Å²) < 4.78 is 34.2. The molecule has 11 atom stereocenters. The van der Waals surface area contributed by atoms with Crippen LogP contribution in [0.15, 0.2) is 24.3 Å². The first-order valence-corrected chi connectivity index (χ1v) is 25.4. The molecule has 0 aromatic heterocycles. The molecule has 2 aliphatic rings. The Kier molecular flexibility index (Phi) is 35.2. The average Bonchev–Trinajstić information content (AvgIpc) is 3.29. The molecule has 0 aromatic rings. The molecular formula is C50H92O14. The molecule has 11 unspecified atom stereocenters. The summed E-state index contributed by atoms with van der Waals surface area (Å²) in [6.45, 7) is 3.65. The fraction of sp³-hybridized carbons (Fsp3) is 0.900. The minimum Gasteiger partial charge on any atom is -0.457 e. The zero-order valence-corrected chi connectivity index (χ0v) is 39.8. The third-order valence-electron chi connectivity index (χ3n) is 12.2. The van der Waals surface area contributed by atoms with Crippen LogP contribution in [0.25, 0.3) is 0 Å². The van der Waals surface area contributed by atoms with Gasteiger partial charge in [0.2, 0.25) is 0 Å². The van der Waals surface area contributed by atoms with Crippen LogP contribution in [0, 0.1) is 0 Å². The molecule has 0 radical (unpaired) electrons. The van der Waals surface area contributed by atoms with Crippen molar-refractivity contribution >= 4 is 5.97 Å². The molecule has 14 heteroatoms. The van der Waals surface area contributed by atoms with Gasteiger partial charge in [-0.3, -0.25) is 4.79 Å². The molecule has 2 rings (SSSR count). The number of rotatable bonds is 40. The van der Waals surface area contributed by atoms with E-state index in [1.54, 1.807) is 0 Å². The van der Waals surface area contributed by atoms with Gasteiger partial charge in [0.15, 0.2) is 12.6 Å². The van der Waals surface area contributed by atoms with Crippen LogP contribution in [-0.4, -0.2) is 142 Å². The van der Waals surface area contributed by atoms with Crippen LogP contribution in [-0.2, 0) is 33.2 Å². The Morgan fingerprint density at radius 2 is 0.969 bits per heavy atom. The van der Waals surface area contributed by atoms with Gasteiger partial charge >= 0.3 is 5.97 Å². The maximum atomic E-state index is 13.0. The number of hydrogen-bond donors (Lipinski definition) is 7. The topological polar surface area (TPSA) is 214 Å². The molecule has 0 bridgehead atoms. The molecule has 2 fully saturated rings. The second kappa shape index (κ2) is 38.4. The smallest absolute Gasteiger partial charge is 0.306 e. The van der Waals surface area contributed by atoms with E-state index in [0.717, 1.165) is 51.4 Å². The summed E-state index contributed by atoms with van der Waals surface area (Å²) >= 11 is 0. The van der Waals surface area contributed by atoms with Gasteiger partial charge in [-0.1, -0.05) is 160 Å². The van der Waals surface area contributed by atoms with Gasteiger partial charge in [0.1, 0.15) is 54.9 Å². The highest BCUT2D eigenvalue weighted by Crippen LogP contribution is 2.26. The van der Waals surface area contributed by atoms with Crippen molar-refractivity contribution in [1.82, 2.24) is 0 Å². The van der Waals surface area contributed by atoms with E-state index in [1.165, 1.54) is 109 Å². The largest absolute Gasteiger partial charge is 0.457 e. The maximum Gasteiger partial charge on any atom is 0.306 e. The molecule has 0 saturated carbocycles. The molecule has 2 heterocycles. The highest BCUT2D eigenvalue weighted by Gasteiger charge is 2.47. The quantitative estimate of drug-likeness (QED) is 0.0184. The summed E-state index contributed by atoms with van der Waals surface area (Å²) in [7, 11) is 0. The summed E-state index contributed by atoms with van der Waals surface area (Å²) in [5, 5.41) is 72.0. The molecule has 2 aliphatic heterocycles. The number of allylic oxidation sites excluding steroid dienone is 4. The molecule has 0 aromatic carbocycles. The van der Waals surface area contributed by atoms with E-state index in [4.69, 9.17) is 28.4 Å². The lowest BCUT2D eigenvalue weighted by molar-refractivity contribution is -0.332. The molecular weight excluding hydrogens is 825 g/mol. The fourth-order valence-corrected chi connectivity index (χ4v) is 8.02. The van der Waals surface area contributed by atoms with Crippen LogP contribution >= 0.6 is 0 Å². The van der Waals surface area contributed by atoms with Crippen LogP contribution < -0.4 is 0 Å². The number of carbonyl (C=O) groups excluding carboxylic acids is 1. The Labute approximate surface area is 386 Å². The molecule has 2 saturated heterocycles. The maximum absolute atomic E-state index is 13.0. The van der Waals surface area contributed by atoms with Crippen LogP contribution in [0.4, 0.5) is 0 Å². The zero-order valence-electron chi connectivity index (χ0n) is 39.8. The molecule has 7 N–H and O–H groups in total. The third kappa shape index (κ3) is 26.1. The first-order valence-electron chi connectivity index (χ1n) is 25.4. The van der Waals surface area contributed by atoms with Gasteiger partial charge in [-0.2, -0.15) is 0 Å². The van der Waals surface area contributed by atoms with E-state index in [-0.39, 0.29) is 25.6 Å². The van der Waals surface area contributed by atoms with Crippen molar-refractivity contribution in [3.63, 3.8) is 0 Å². The van der Waals surface area contributed by atoms with Gasteiger partial charge in [-0.05, 0) is 44.9 Å². The summed E-state index contributed by atoms with van der Waals surface area (Å²) in [5.41, 5.74) is 0. The Balaban J connectivity index is 1.76. The second-order valence-electron chi connectivity index (χ2n) is 18.0. The lowest BCUT2D eigenvalue weighted by Crippen LogP contribution is -2.61. The number of esters is 1. The van der Waals surface area contributed by atoms with Gasteiger partial charge in [-0.25, -0.2) is 0 Å². The third-order valence-corrected chi connectivity index (χ3v) is 12.2. The van der Waals surface area contributed by atoms with Crippen LogP contribution in [0.5, 0.6) is 0 Å². The van der Waals surface area contributed by atoms with Gasteiger partial charge in [0.05, 0.1) is 26.4 Å². The summed E-state index contributed by atoms with van der Waals surface area (Å²) in [4.78, 5) is 13.0. The summed E-state index contributed by atoms with van der Waals surface area (Å²) in [6, 6.07) is 0. The predicted octanol–water partition coefficient (Wildman–Crippen LogP) is 7.24. The number of unbranched alkanes of at least 4 members (excludes halogenated alkanes) is 22. The number of ether oxygens (including phenoxy) is 6. The Hall–Kier alpha value is -1.53. The van der Waals surface area contributed by atoms with Crippen molar-refractivity contribution in [2.75, 3.05) is 33.0 Å². The van der Waals surface area contributed by atoms with Crippen LogP contribution in [0.2, 0.25) is 0 Å². The van der Waals surface area contributed by atoms with Crippen molar-refractivity contribution in [2.24, 2.45) is 0 Å². The first-order chi connectivity index (χ1) is 31.1. The van der Waals surface area contributed by atoms with E-state index < -0.39 is 80.7 Å². The van der Waals surface area contributed by atoms with Crippen molar-refractivity contribution in [3.8, 4) is 0 Å².